The van der Waals surface area contributed by atoms with Crippen molar-refractivity contribution in [2.75, 3.05) is 11.5 Å². The van der Waals surface area contributed by atoms with Crippen LogP contribution in [0, 0.1) is 0 Å². The molecule has 0 aromatic heterocycles. The summed E-state index contributed by atoms with van der Waals surface area (Å²) in [7, 11) is 0. The van der Waals surface area contributed by atoms with E-state index in [-0.39, 0.29) is 5.56 Å². The minimum atomic E-state index is -1.53. The molecule has 0 bridgehead atoms. The van der Waals surface area contributed by atoms with Gasteiger partial charge in [0.2, 0.25) is 0 Å². The molecule has 0 atom stereocenters. The lowest BCUT2D eigenvalue weighted by Crippen LogP contribution is -2.01. The van der Waals surface area contributed by atoms with Crippen molar-refractivity contribution in [1.82, 2.24) is 0 Å². The summed E-state index contributed by atoms with van der Waals surface area (Å²) in [5.74, 6) is 0. The molecule has 0 unspecified atom stereocenters. The van der Waals surface area contributed by atoms with Crippen molar-refractivity contribution in [3.63, 3.8) is 0 Å². The highest BCUT2D eigenvalue weighted by Gasteiger charge is 2.05. The lowest BCUT2D eigenvalue weighted by atomic mass is 10.1. The highest BCUT2D eigenvalue weighted by Crippen LogP contribution is 2.20. The number of aliphatic hydroxyl groups excluding tert-OH is 1. The summed E-state index contributed by atoms with van der Waals surface area (Å²) >= 11 is 0. The van der Waals surface area contributed by atoms with E-state index in [1.807, 2.05) is 0 Å². The topological polar surface area (TPSA) is 92.5 Å². The highest BCUT2D eigenvalue weighted by molar-refractivity contribution is 5.56. The second-order valence-electron chi connectivity index (χ2n) is 2.26. The average molecular weight is 154 g/mol. The Morgan fingerprint density at radius 3 is 2.27 bits per heavy atom. The lowest BCUT2D eigenvalue weighted by Gasteiger charge is -2.07. The van der Waals surface area contributed by atoms with E-state index in [1.54, 1.807) is 6.07 Å². The van der Waals surface area contributed by atoms with Crippen LogP contribution in [0.2, 0.25) is 0 Å². The molecule has 60 valence electrons. The van der Waals surface area contributed by atoms with E-state index in [1.165, 1.54) is 12.1 Å². The fourth-order valence-corrected chi connectivity index (χ4v) is 0.828. The second kappa shape index (κ2) is 2.77. The number of benzene rings is 1. The van der Waals surface area contributed by atoms with E-state index < -0.39 is 6.29 Å². The minimum Gasteiger partial charge on any atom is -0.399 e. The van der Waals surface area contributed by atoms with Gasteiger partial charge < -0.3 is 21.7 Å². The van der Waals surface area contributed by atoms with Crippen LogP contribution < -0.4 is 11.5 Å². The molecule has 0 spiro atoms. The Morgan fingerprint density at radius 1 is 1.18 bits per heavy atom. The van der Waals surface area contributed by atoms with Gasteiger partial charge in [-0.25, -0.2) is 0 Å². The predicted molar refractivity (Wildman–Crippen MR) is 42.4 cm³/mol. The number of nitrogen functional groups attached to an aromatic ring is 2. The summed E-state index contributed by atoms with van der Waals surface area (Å²) in [6.07, 6.45) is -1.53. The molecule has 4 heteroatoms. The van der Waals surface area contributed by atoms with Crippen molar-refractivity contribution in [1.29, 1.82) is 0 Å². The zero-order valence-corrected chi connectivity index (χ0v) is 5.86. The zero-order valence-electron chi connectivity index (χ0n) is 5.86. The molecular formula is C7H10N2O2. The fourth-order valence-electron chi connectivity index (χ4n) is 0.828. The maximum atomic E-state index is 8.73. The Hall–Kier alpha value is -1.26. The third kappa shape index (κ3) is 1.60. The minimum absolute atomic E-state index is 0.277. The normalized spacial score (nSPS) is 10.5. The molecule has 0 saturated carbocycles. The van der Waals surface area contributed by atoms with Crippen molar-refractivity contribution < 1.29 is 10.2 Å². The van der Waals surface area contributed by atoms with E-state index >= 15 is 0 Å². The van der Waals surface area contributed by atoms with Gasteiger partial charge in [0, 0.05) is 16.9 Å². The second-order valence-corrected chi connectivity index (χ2v) is 2.26. The summed E-state index contributed by atoms with van der Waals surface area (Å²) < 4.78 is 0. The molecule has 0 radical (unpaired) electrons. The first kappa shape index (κ1) is 7.84. The van der Waals surface area contributed by atoms with Crippen LogP contribution in [0.25, 0.3) is 0 Å². The fraction of sp³-hybridized carbons (Fsp3) is 0.143. The van der Waals surface area contributed by atoms with Gasteiger partial charge in [0.1, 0.15) is 0 Å². The van der Waals surface area contributed by atoms with Gasteiger partial charge in [0.05, 0.1) is 0 Å². The van der Waals surface area contributed by atoms with Crippen LogP contribution in [0.3, 0.4) is 0 Å². The summed E-state index contributed by atoms with van der Waals surface area (Å²) in [5, 5.41) is 17.5. The molecule has 1 aromatic carbocycles. The Kier molecular flexibility index (Phi) is 1.98. The highest BCUT2D eigenvalue weighted by atomic mass is 16.5. The number of anilines is 2. The maximum absolute atomic E-state index is 8.73. The first-order valence-electron chi connectivity index (χ1n) is 3.12. The Bertz CT molecular complexity index is 261. The van der Waals surface area contributed by atoms with Gasteiger partial charge >= 0.3 is 0 Å². The molecule has 0 saturated heterocycles. The molecule has 1 rings (SSSR count). The van der Waals surface area contributed by atoms with E-state index in [4.69, 9.17) is 21.7 Å². The first-order chi connectivity index (χ1) is 5.11. The molecule has 4 nitrogen and oxygen atoms in total. The summed E-state index contributed by atoms with van der Waals surface area (Å²) in [6, 6.07) is 4.52. The van der Waals surface area contributed by atoms with Gasteiger partial charge in [-0.2, -0.15) is 0 Å². The number of aliphatic hydroxyl groups is 2. The van der Waals surface area contributed by atoms with Crippen LogP contribution in [0.4, 0.5) is 11.4 Å². The summed E-state index contributed by atoms with van der Waals surface area (Å²) in [6.45, 7) is 0. The first-order valence-corrected chi connectivity index (χ1v) is 3.12. The van der Waals surface area contributed by atoms with Crippen LogP contribution in [-0.4, -0.2) is 10.2 Å². The van der Waals surface area contributed by atoms with Gasteiger partial charge in [0.25, 0.3) is 0 Å². The molecule has 11 heavy (non-hydrogen) atoms. The Labute approximate surface area is 64.1 Å². The third-order valence-electron chi connectivity index (χ3n) is 1.39. The largest absolute Gasteiger partial charge is 0.399 e. The summed E-state index contributed by atoms with van der Waals surface area (Å²) in [4.78, 5) is 0. The van der Waals surface area contributed by atoms with Crippen LogP contribution in [0.5, 0.6) is 0 Å². The van der Waals surface area contributed by atoms with E-state index in [2.05, 4.69) is 0 Å². The molecule has 0 aliphatic carbocycles. The lowest BCUT2D eigenvalue weighted by molar-refractivity contribution is -0.0418. The van der Waals surface area contributed by atoms with Crippen molar-refractivity contribution in [2.24, 2.45) is 0 Å². The molecule has 1 aromatic rings. The maximum Gasteiger partial charge on any atom is 0.180 e. The SMILES string of the molecule is Nc1ccc(C(O)O)c(N)c1. The third-order valence-corrected chi connectivity index (χ3v) is 1.39. The molecular weight excluding hydrogens is 144 g/mol. The van der Waals surface area contributed by atoms with Crippen LogP contribution in [-0.2, 0) is 0 Å². The molecule has 6 N–H and O–H groups in total. The smallest absolute Gasteiger partial charge is 0.180 e. The Morgan fingerprint density at radius 2 is 1.82 bits per heavy atom. The average Bonchev–Trinajstić information content (AvgIpc) is 1.85. The summed E-state index contributed by atoms with van der Waals surface area (Å²) in [5.41, 5.74) is 11.9. The van der Waals surface area contributed by atoms with Crippen LogP contribution >= 0.6 is 0 Å². The quantitative estimate of drug-likeness (QED) is 0.334. The molecule has 0 aliphatic rings. The zero-order chi connectivity index (χ0) is 8.43. The number of rotatable bonds is 1. The molecule has 0 fully saturated rings. The van der Waals surface area contributed by atoms with Crippen LogP contribution in [0.1, 0.15) is 11.9 Å². The van der Waals surface area contributed by atoms with Crippen molar-refractivity contribution in [2.45, 2.75) is 6.29 Å². The van der Waals surface area contributed by atoms with E-state index in [0.717, 1.165) is 0 Å². The monoisotopic (exact) mass is 154 g/mol. The molecule has 0 heterocycles. The van der Waals surface area contributed by atoms with Crippen molar-refractivity contribution in [3.8, 4) is 0 Å². The van der Waals surface area contributed by atoms with E-state index in [9.17, 15) is 0 Å². The molecule has 0 amide bonds. The van der Waals surface area contributed by atoms with Crippen molar-refractivity contribution >= 4 is 11.4 Å². The van der Waals surface area contributed by atoms with Gasteiger partial charge in [-0.1, -0.05) is 0 Å². The number of hydrogen-bond donors (Lipinski definition) is 4. The van der Waals surface area contributed by atoms with Gasteiger partial charge in [-0.3, -0.25) is 0 Å². The van der Waals surface area contributed by atoms with E-state index in [0.29, 0.717) is 11.4 Å². The van der Waals surface area contributed by atoms with Gasteiger partial charge in [-0.05, 0) is 18.2 Å². The molecule has 0 aliphatic heterocycles. The van der Waals surface area contributed by atoms with Gasteiger partial charge in [0.15, 0.2) is 6.29 Å². The van der Waals surface area contributed by atoms with Gasteiger partial charge in [-0.15, -0.1) is 0 Å². The standard InChI is InChI=1S/C7H10N2O2/c8-4-1-2-5(7(10)11)6(9)3-4/h1-3,7,10-11H,8-9H2. The van der Waals surface area contributed by atoms with Crippen LogP contribution in [0.15, 0.2) is 18.2 Å². The van der Waals surface area contributed by atoms with Crippen molar-refractivity contribution in [3.05, 3.63) is 23.8 Å². The predicted octanol–water partition coefficient (Wildman–Crippen LogP) is -0.166. The number of hydrogen-bond acceptors (Lipinski definition) is 4. The Balaban J connectivity index is 3.09. The number of nitrogens with two attached hydrogens (primary N) is 2.